The summed E-state index contributed by atoms with van der Waals surface area (Å²) >= 11 is 6.43. The van der Waals surface area contributed by atoms with Crippen molar-refractivity contribution in [2.45, 2.75) is 19.1 Å². The summed E-state index contributed by atoms with van der Waals surface area (Å²) in [4.78, 5) is 23.2. The molecule has 5 rings (SSSR count). The first-order chi connectivity index (χ1) is 16.7. The summed E-state index contributed by atoms with van der Waals surface area (Å²) in [5, 5.41) is 12.2. The number of piperazine rings is 1. The number of carbonyl (C=O) groups excluding carboxylic acids is 1. The Morgan fingerprint density at radius 3 is 2.83 bits per heavy atom. The second-order valence-electron chi connectivity index (χ2n) is 8.20. The molecule has 1 fully saturated rings. The molecule has 1 atom stereocenters. The molecule has 13 heteroatoms. The SMILES string of the molecule is C[C@@H]1CN(C(=O)c2ccc(Nc3nccn4c(-c5cn[nH]c5C(F)(F)F)cnc34)cc2Cl)CCN1. The molecule has 3 N–H and O–H groups in total. The molecule has 0 spiro atoms. The van der Waals surface area contributed by atoms with Crippen LogP contribution in [0.3, 0.4) is 0 Å². The fourth-order valence-corrected chi connectivity index (χ4v) is 4.35. The van der Waals surface area contributed by atoms with Crippen LogP contribution in [0, 0.1) is 0 Å². The smallest absolute Gasteiger partial charge is 0.337 e. The molecule has 0 radical (unpaired) electrons. The third-order valence-corrected chi connectivity index (χ3v) is 6.06. The molecule has 1 amide bonds. The van der Waals surface area contributed by atoms with E-state index in [4.69, 9.17) is 11.6 Å². The Morgan fingerprint density at radius 1 is 1.26 bits per heavy atom. The third kappa shape index (κ3) is 4.42. The summed E-state index contributed by atoms with van der Waals surface area (Å²) in [6.45, 7) is 3.92. The average Bonchev–Trinajstić information content (AvgIpc) is 3.46. The van der Waals surface area contributed by atoms with Gasteiger partial charge in [-0.15, -0.1) is 0 Å². The van der Waals surface area contributed by atoms with Gasteiger partial charge in [0.05, 0.1) is 34.2 Å². The molecule has 0 aliphatic carbocycles. The molecule has 9 nitrogen and oxygen atoms in total. The number of amides is 1. The quantitative estimate of drug-likeness (QED) is 0.388. The second-order valence-corrected chi connectivity index (χ2v) is 8.60. The topological polar surface area (TPSA) is 103 Å². The lowest BCUT2D eigenvalue weighted by Gasteiger charge is -2.32. The van der Waals surface area contributed by atoms with Crippen molar-refractivity contribution in [2.24, 2.45) is 0 Å². The van der Waals surface area contributed by atoms with E-state index in [1.54, 1.807) is 23.1 Å². The number of nitrogens with one attached hydrogen (secondary N) is 3. The minimum atomic E-state index is -4.59. The zero-order valence-electron chi connectivity index (χ0n) is 18.4. The van der Waals surface area contributed by atoms with Crippen molar-refractivity contribution >= 4 is 34.7 Å². The standard InChI is InChI=1S/C22H20ClF3N8O/c1-12-11-33(6-4-27-12)21(35)14-3-2-13(8-16(14)23)31-19-20-29-10-17(34(20)7-5-28-19)15-9-30-32-18(15)22(24,25)26/h2-3,5,7-10,12,27H,4,6,11H2,1H3,(H,28,31)(H,30,32)/t12-/m1/s1. The molecule has 182 valence electrons. The van der Waals surface area contributed by atoms with Crippen LogP contribution >= 0.6 is 11.6 Å². The fourth-order valence-electron chi connectivity index (χ4n) is 4.09. The maximum absolute atomic E-state index is 13.3. The van der Waals surface area contributed by atoms with E-state index >= 15 is 0 Å². The lowest BCUT2D eigenvalue weighted by atomic mass is 10.1. The predicted molar refractivity (Wildman–Crippen MR) is 124 cm³/mol. The van der Waals surface area contributed by atoms with Crippen LogP contribution in [-0.4, -0.2) is 61.0 Å². The molecule has 0 unspecified atom stereocenters. The minimum absolute atomic E-state index is 0.129. The highest BCUT2D eigenvalue weighted by atomic mass is 35.5. The van der Waals surface area contributed by atoms with Crippen molar-refractivity contribution in [2.75, 3.05) is 25.0 Å². The number of anilines is 2. The van der Waals surface area contributed by atoms with Crippen LogP contribution in [0.4, 0.5) is 24.7 Å². The van der Waals surface area contributed by atoms with E-state index < -0.39 is 11.9 Å². The van der Waals surface area contributed by atoms with Gasteiger partial charge in [0, 0.05) is 43.8 Å². The van der Waals surface area contributed by atoms with Crippen LogP contribution in [0.15, 0.2) is 43.0 Å². The minimum Gasteiger partial charge on any atom is -0.337 e. The highest BCUT2D eigenvalue weighted by Gasteiger charge is 2.36. The van der Waals surface area contributed by atoms with Crippen LogP contribution in [0.2, 0.25) is 5.02 Å². The van der Waals surface area contributed by atoms with E-state index in [2.05, 4.69) is 25.7 Å². The third-order valence-electron chi connectivity index (χ3n) is 5.74. The number of hydrogen-bond donors (Lipinski definition) is 3. The van der Waals surface area contributed by atoms with E-state index in [0.717, 1.165) is 12.7 Å². The molecule has 35 heavy (non-hydrogen) atoms. The number of carbonyl (C=O) groups is 1. The fraction of sp³-hybridized carbons (Fsp3) is 0.273. The van der Waals surface area contributed by atoms with Crippen molar-refractivity contribution in [1.82, 2.24) is 34.8 Å². The number of halogens is 4. The molecule has 1 saturated heterocycles. The number of fused-ring (bicyclic) bond motifs is 1. The number of imidazole rings is 1. The zero-order chi connectivity index (χ0) is 24.7. The lowest BCUT2D eigenvalue weighted by Crippen LogP contribution is -2.51. The van der Waals surface area contributed by atoms with E-state index in [0.29, 0.717) is 35.8 Å². The van der Waals surface area contributed by atoms with Crippen molar-refractivity contribution in [3.63, 3.8) is 0 Å². The summed E-state index contributed by atoms with van der Waals surface area (Å²) in [5.41, 5.74) is 0.357. The number of aromatic amines is 1. The van der Waals surface area contributed by atoms with Gasteiger partial charge >= 0.3 is 6.18 Å². The Hall–Kier alpha value is -3.64. The molecule has 1 aromatic carbocycles. The molecule has 1 aliphatic rings. The number of H-pyrrole nitrogens is 1. The molecule has 0 saturated carbocycles. The summed E-state index contributed by atoms with van der Waals surface area (Å²) in [6.07, 6.45) is 0.793. The summed E-state index contributed by atoms with van der Waals surface area (Å²) in [6, 6.07) is 5.13. The first kappa shape index (κ1) is 23.1. The molecule has 4 aromatic rings. The molecular weight excluding hydrogens is 485 g/mol. The molecule has 0 bridgehead atoms. The van der Waals surface area contributed by atoms with Crippen molar-refractivity contribution in [3.05, 3.63) is 59.3 Å². The van der Waals surface area contributed by atoms with Crippen molar-refractivity contribution < 1.29 is 18.0 Å². The highest BCUT2D eigenvalue weighted by Crippen LogP contribution is 2.36. The molecule has 4 heterocycles. The number of nitrogens with zero attached hydrogens (tertiary/aromatic N) is 5. The van der Waals surface area contributed by atoms with E-state index in [1.165, 1.54) is 23.0 Å². The van der Waals surface area contributed by atoms with Gasteiger partial charge in [0.25, 0.3) is 5.91 Å². The Kier molecular flexibility index (Phi) is 5.85. The molecule has 1 aliphatic heterocycles. The number of rotatable bonds is 4. The summed E-state index contributed by atoms with van der Waals surface area (Å²) in [7, 11) is 0. The van der Waals surface area contributed by atoms with Crippen molar-refractivity contribution in [1.29, 1.82) is 0 Å². The molecule has 3 aromatic heterocycles. The second kappa shape index (κ2) is 8.86. The first-order valence-electron chi connectivity index (χ1n) is 10.7. The highest BCUT2D eigenvalue weighted by molar-refractivity contribution is 6.34. The van der Waals surface area contributed by atoms with Crippen LogP contribution in [-0.2, 0) is 6.18 Å². The number of benzene rings is 1. The zero-order valence-corrected chi connectivity index (χ0v) is 19.2. The van der Waals surface area contributed by atoms with Gasteiger partial charge in [-0.05, 0) is 25.1 Å². The van der Waals surface area contributed by atoms with Gasteiger partial charge < -0.3 is 15.5 Å². The van der Waals surface area contributed by atoms with Crippen LogP contribution in [0.5, 0.6) is 0 Å². The van der Waals surface area contributed by atoms with E-state index in [-0.39, 0.29) is 28.2 Å². The van der Waals surface area contributed by atoms with Gasteiger partial charge in [-0.25, -0.2) is 9.97 Å². The first-order valence-corrected chi connectivity index (χ1v) is 11.1. The summed E-state index contributed by atoms with van der Waals surface area (Å²) < 4.78 is 41.5. The van der Waals surface area contributed by atoms with Gasteiger partial charge in [0.2, 0.25) is 0 Å². The Labute approximate surface area is 202 Å². The lowest BCUT2D eigenvalue weighted by molar-refractivity contribution is -0.140. The van der Waals surface area contributed by atoms with Crippen LogP contribution in [0.25, 0.3) is 16.9 Å². The predicted octanol–water partition coefficient (Wildman–Crippen LogP) is 3.97. The Morgan fingerprint density at radius 2 is 2.09 bits per heavy atom. The number of aromatic nitrogens is 5. The number of hydrogen-bond acceptors (Lipinski definition) is 6. The monoisotopic (exact) mass is 504 g/mol. The Bertz CT molecular complexity index is 1400. The van der Waals surface area contributed by atoms with Gasteiger partial charge in [0.15, 0.2) is 11.5 Å². The molecular formula is C22H20ClF3N8O. The van der Waals surface area contributed by atoms with E-state index in [9.17, 15) is 18.0 Å². The van der Waals surface area contributed by atoms with Crippen LogP contribution < -0.4 is 10.6 Å². The van der Waals surface area contributed by atoms with E-state index in [1.807, 2.05) is 12.0 Å². The van der Waals surface area contributed by atoms with Gasteiger partial charge in [-0.3, -0.25) is 14.3 Å². The summed E-state index contributed by atoms with van der Waals surface area (Å²) in [5.74, 6) is 0.162. The maximum atomic E-state index is 13.3. The Balaban J connectivity index is 1.42. The van der Waals surface area contributed by atoms with Gasteiger partial charge in [0.1, 0.15) is 5.69 Å². The maximum Gasteiger partial charge on any atom is 0.433 e. The van der Waals surface area contributed by atoms with Gasteiger partial charge in [-0.2, -0.15) is 18.3 Å². The van der Waals surface area contributed by atoms with Crippen molar-refractivity contribution in [3.8, 4) is 11.3 Å². The van der Waals surface area contributed by atoms with Gasteiger partial charge in [-0.1, -0.05) is 11.6 Å². The average molecular weight is 505 g/mol. The normalized spacial score (nSPS) is 16.6. The van der Waals surface area contributed by atoms with Crippen LogP contribution in [0.1, 0.15) is 23.0 Å². The number of alkyl halides is 3. The largest absolute Gasteiger partial charge is 0.433 e.